The van der Waals surface area contributed by atoms with Gasteiger partial charge >= 0.3 is 5.97 Å². The zero-order chi connectivity index (χ0) is 14.8. The number of hydrogen-bond acceptors (Lipinski definition) is 3. The highest BCUT2D eigenvalue weighted by Crippen LogP contribution is 2.41. The predicted octanol–water partition coefficient (Wildman–Crippen LogP) is 2.34. The van der Waals surface area contributed by atoms with Crippen LogP contribution < -0.4 is 5.32 Å². The van der Waals surface area contributed by atoms with Gasteiger partial charge in [-0.2, -0.15) is 0 Å². The fraction of sp³-hybridized carbons (Fsp3) is 0.938. The lowest BCUT2D eigenvalue weighted by Crippen LogP contribution is -2.63. The van der Waals surface area contributed by atoms with Crippen LogP contribution in [0.5, 0.6) is 0 Å². The Kier molecular flexibility index (Phi) is 5.08. The van der Waals surface area contributed by atoms with Crippen molar-refractivity contribution in [2.45, 2.75) is 64.5 Å². The summed E-state index contributed by atoms with van der Waals surface area (Å²) in [4.78, 5) is 14.3. The second-order valence-electron chi connectivity index (χ2n) is 6.97. The Morgan fingerprint density at radius 1 is 1.35 bits per heavy atom. The van der Waals surface area contributed by atoms with Crippen LogP contribution >= 0.6 is 0 Å². The molecule has 1 atom stereocenters. The van der Waals surface area contributed by atoms with Crippen molar-refractivity contribution in [2.24, 2.45) is 11.8 Å². The lowest BCUT2D eigenvalue weighted by atomic mass is 9.84. The summed E-state index contributed by atoms with van der Waals surface area (Å²) in [6, 6.07) is 0.203. The van der Waals surface area contributed by atoms with E-state index in [-0.39, 0.29) is 6.04 Å². The van der Waals surface area contributed by atoms with E-state index in [1.807, 2.05) is 13.8 Å². The van der Waals surface area contributed by atoms with Gasteiger partial charge in [-0.3, -0.25) is 10.1 Å². The first-order chi connectivity index (χ1) is 9.48. The van der Waals surface area contributed by atoms with E-state index in [2.05, 4.69) is 17.1 Å². The van der Waals surface area contributed by atoms with E-state index in [0.717, 1.165) is 31.8 Å². The van der Waals surface area contributed by atoms with Gasteiger partial charge in [-0.05, 0) is 57.9 Å². The zero-order valence-corrected chi connectivity index (χ0v) is 13.2. The molecule has 1 unspecified atom stereocenters. The van der Waals surface area contributed by atoms with Crippen LogP contribution in [0.4, 0.5) is 0 Å². The molecule has 116 valence electrons. The third-order valence-corrected chi connectivity index (χ3v) is 4.86. The second kappa shape index (κ2) is 6.44. The molecule has 0 aromatic carbocycles. The molecular formula is C16H30N2O2. The summed E-state index contributed by atoms with van der Waals surface area (Å²) in [6.45, 7) is 8.90. The quantitative estimate of drug-likeness (QED) is 0.681. The average Bonchev–Trinajstić information content (AvgIpc) is 3.14. The molecule has 0 aromatic rings. The topological polar surface area (TPSA) is 52.6 Å². The molecule has 0 saturated heterocycles. The number of nitrogens with zero attached hydrogens (tertiary/aromatic N) is 1. The number of nitrogens with one attached hydrogen (secondary N) is 1. The van der Waals surface area contributed by atoms with Gasteiger partial charge in [0.1, 0.15) is 5.54 Å². The van der Waals surface area contributed by atoms with Gasteiger partial charge < -0.3 is 10.0 Å². The number of carbonyl (C=O) groups is 1. The van der Waals surface area contributed by atoms with Crippen LogP contribution in [-0.4, -0.2) is 47.2 Å². The van der Waals surface area contributed by atoms with E-state index in [1.54, 1.807) is 0 Å². The molecule has 0 bridgehead atoms. The van der Waals surface area contributed by atoms with Crippen molar-refractivity contribution in [3.63, 3.8) is 0 Å². The van der Waals surface area contributed by atoms with Gasteiger partial charge in [0.15, 0.2) is 0 Å². The molecule has 0 radical (unpaired) electrons. The third-order valence-electron chi connectivity index (χ3n) is 4.86. The van der Waals surface area contributed by atoms with Gasteiger partial charge in [0.05, 0.1) is 0 Å². The first kappa shape index (κ1) is 15.8. The monoisotopic (exact) mass is 282 g/mol. The molecule has 2 N–H and O–H groups in total. The van der Waals surface area contributed by atoms with Crippen LogP contribution in [-0.2, 0) is 4.79 Å². The first-order valence-corrected chi connectivity index (χ1v) is 8.21. The average molecular weight is 282 g/mol. The number of hydrogen-bond donors (Lipinski definition) is 2. The lowest BCUT2D eigenvalue weighted by Gasteiger charge is -2.40. The Hall–Kier alpha value is -0.610. The Morgan fingerprint density at radius 2 is 2.00 bits per heavy atom. The highest BCUT2D eigenvalue weighted by atomic mass is 16.4. The van der Waals surface area contributed by atoms with E-state index in [1.165, 1.54) is 19.3 Å². The summed E-state index contributed by atoms with van der Waals surface area (Å²) in [5.74, 6) is 0.429. The molecule has 4 nitrogen and oxygen atoms in total. The van der Waals surface area contributed by atoms with E-state index in [4.69, 9.17) is 0 Å². The van der Waals surface area contributed by atoms with Crippen molar-refractivity contribution >= 4 is 5.97 Å². The number of aliphatic carboxylic acids is 1. The van der Waals surface area contributed by atoms with Crippen LogP contribution in [0.15, 0.2) is 0 Å². The van der Waals surface area contributed by atoms with Crippen molar-refractivity contribution in [1.82, 2.24) is 10.2 Å². The molecule has 2 fully saturated rings. The van der Waals surface area contributed by atoms with Crippen molar-refractivity contribution in [3.8, 4) is 0 Å². The van der Waals surface area contributed by atoms with Crippen LogP contribution in [0.3, 0.4) is 0 Å². The maximum atomic E-state index is 12.0. The maximum Gasteiger partial charge on any atom is 0.325 e. The SMILES string of the molecule is CCN(CC1CCC1)CC(NC(C)C)(C(=O)O)C1CC1. The molecule has 0 aliphatic heterocycles. The van der Waals surface area contributed by atoms with Crippen molar-refractivity contribution < 1.29 is 9.90 Å². The van der Waals surface area contributed by atoms with E-state index in [9.17, 15) is 9.90 Å². The van der Waals surface area contributed by atoms with Gasteiger partial charge in [-0.25, -0.2) is 0 Å². The Balaban J connectivity index is 2.05. The van der Waals surface area contributed by atoms with Gasteiger partial charge in [-0.1, -0.05) is 13.3 Å². The molecule has 2 aliphatic carbocycles. The Bertz CT molecular complexity index is 337. The zero-order valence-electron chi connectivity index (χ0n) is 13.2. The molecule has 20 heavy (non-hydrogen) atoms. The fourth-order valence-electron chi connectivity index (χ4n) is 3.39. The molecule has 4 heteroatoms. The smallest absolute Gasteiger partial charge is 0.325 e. The largest absolute Gasteiger partial charge is 0.480 e. The van der Waals surface area contributed by atoms with Crippen molar-refractivity contribution in [2.75, 3.05) is 19.6 Å². The highest BCUT2D eigenvalue weighted by molar-refractivity contribution is 5.80. The second-order valence-corrected chi connectivity index (χ2v) is 6.97. The predicted molar refractivity (Wildman–Crippen MR) is 80.8 cm³/mol. The maximum absolute atomic E-state index is 12.0. The number of rotatable bonds is 9. The van der Waals surface area contributed by atoms with Gasteiger partial charge in [-0.15, -0.1) is 0 Å². The molecule has 0 spiro atoms. The number of likely N-dealkylation sites (N-methyl/N-ethyl adjacent to an activating group) is 1. The summed E-state index contributed by atoms with van der Waals surface area (Å²) in [5, 5.41) is 13.2. The molecular weight excluding hydrogens is 252 g/mol. The summed E-state index contributed by atoms with van der Waals surface area (Å²) in [6.07, 6.45) is 6.08. The van der Waals surface area contributed by atoms with Crippen LogP contribution in [0, 0.1) is 11.8 Å². The molecule has 0 heterocycles. The third kappa shape index (κ3) is 3.53. The van der Waals surface area contributed by atoms with Crippen molar-refractivity contribution in [1.29, 1.82) is 0 Å². The van der Waals surface area contributed by atoms with Crippen LogP contribution in [0.25, 0.3) is 0 Å². The van der Waals surface area contributed by atoms with E-state index >= 15 is 0 Å². The summed E-state index contributed by atoms with van der Waals surface area (Å²) in [7, 11) is 0. The number of carboxylic acid groups (broad SMARTS) is 1. The van der Waals surface area contributed by atoms with Gasteiger partial charge in [0.25, 0.3) is 0 Å². The Labute approximate surface area is 122 Å². The number of carboxylic acids is 1. The highest BCUT2D eigenvalue weighted by Gasteiger charge is 2.52. The minimum atomic E-state index is -0.742. The van der Waals surface area contributed by atoms with Crippen LogP contribution in [0.1, 0.15) is 52.9 Å². The molecule has 2 saturated carbocycles. The normalized spacial score (nSPS) is 22.9. The van der Waals surface area contributed by atoms with Crippen LogP contribution in [0.2, 0.25) is 0 Å². The van der Waals surface area contributed by atoms with Gasteiger partial charge in [0, 0.05) is 19.1 Å². The molecule has 2 rings (SSSR count). The standard InChI is InChI=1S/C16H30N2O2/c1-4-18(10-13-6-5-7-13)11-16(15(19)20,14-8-9-14)17-12(2)3/h12-14,17H,4-11H2,1-3H3,(H,19,20). The lowest BCUT2D eigenvalue weighted by molar-refractivity contribution is -0.147. The van der Waals surface area contributed by atoms with E-state index in [0.29, 0.717) is 12.5 Å². The minimum absolute atomic E-state index is 0.203. The minimum Gasteiger partial charge on any atom is -0.480 e. The fourth-order valence-corrected chi connectivity index (χ4v) is 3.39. The molecule has 2 aliphatic rings. The molecule has 0 aromatic heterocycles. The first-order valence-electron chi connectivity index (χ1n) is 8.21. The van der Waals surface area contributed by atoms with Gasteiger partial charge in [0.2, 0.25) is 0 Å². The summed E-state index contributed by atoms with van der Waals surface area (Å²) < 4.78 is 0. The summed E-state index contributed by atoms with van der Waals surface area (Å²) >= 11 is 0. The molecule has 0 amide bonds. The summed E-state index contributed by atoms with van der Waals surface area (Å²) in [5.41, 5.74) is -0.742. The Morgan fingerprint density at radius 3 is 2.35 bits per heavy atom. The van der Waals surface area contributed by atoms with Crippen molar-refractivity contribution in [3.05, 3.63) is 0 Å². The van der Waals surface area contributed by atoms with E-state index < -0.39 is 11.5 Å².